The van der Waals surface area contributed by atoms with Crippen LogP contribution in [0.3, 0.4) is 0 Å². The normalized spacial score (nSPS) is 12.6. The van der Waals surface area contributed by atoms with Gasteiger partial charge in [0.15, 0.2) is 0 Å². The van der Waals surface area contributed by atoms with Gasteiger partial charge in [0.1, 0.15) is 0 Å². The van der Waals surface area contributed by atoms with Crippen molar-refractivity contribution in [2.45, 2.75) is 60.8 Å². The Morgan fingerprint density at radius 3 is 1.70 bits per heavy atom. The van der Waals surface area contributed by atoms with Crippen LogP contribution in [0.2, 0.25) is 0 Å². The number of rotatable bonds is 1. The molecule has 2 nitrogen and oxygen atoms in total. The first-order chi connectivity index (χ1) is 9.88. The Morgan fingerprint density at radius 2 is 1.25 bits per heavy atom. The second kappa shape index (κ2) is 15.7. The van der Waals surface area contributed by atoms with Crippen LogP contribution in [0.25, 0.3) is 0 Å². The van der Waals surface area contributed by atoms with Crippen molar-refractivity contribution >= 4 is 5.91 Å². The molecule has 0 radical (unpaired) electrons. The molecule has 116 valence electrons. The van der Waals surface area contributed by atoms with Crippen molar-refractivity contribution in [3.63, 3.8) is 0 Å². The highest BCUT2D eigenvalue weighted by molar-refractivity contribution is 5.94. The summed E-state index contributed by atoms with van der Waals surface area (Å²) in [7, 11) is 0. The highest BCUT2D eigenvalue weighted by Gasteiger charge is 2.17. The average Bonchev–Trinajstić information content (AvgIpc) is 2.61. The van der Waals surface area contributed by atoms with Crippen LogP contribution in [0.4, 0.5) is 0 Å². The maximum absolute atomic E-state index is 11.9. The van der Waals surface area contributed by atoms with E-state index in [4.69, 9.17) is 0 Å². The molecule has 0 atom stereocenters. The second-order valence-corrected chi connectivity index (χ2v) is 3.72. The van der Waals surface area contributed by atoms with E-state index in [0.717, 1.165) is 31.5 Å². The molecule has 0 spiro atoms. The van der Waals surface area contributed by atoms with Gasteiger partial charge in [-0.2, -0.15) is 0 Å². The topological polar surface area (TPSA) is 20.3 Å². The zero-order valence-corrected chi connectivity index (χ0v) is 14.3. The summed E-state index contributed by atoms with van der Waals surface area (Å²) in [6, 6.07) is 9.54. The fourth-order valence-electron chi connectivity index (χ4n) is 1.86. The summed E-state index contributed by atoms with van der Waals surface area (Å²) in [6.45, 7) is 13.8. The minimum absolute atomic E-state index is 0.185. The molecule has 2 heteroatoms. The molecule has 1 aromatic carbocycles. The molecule has 1 heterocycles. The second-order valence-electron chi connectivity index (χ2n) is 3.72. The summed E-state index contributed by atoms with van der Waals surface area (Å²) in [6.07, 6.45) is 3.57. The van der Waals surface area contributed by atoms with Gasteiger partial charge in [-0.25, -0.2) is 0 Å². The highest BCUT2D eigenvalue weighted by Crippen LogP contribution is 2.12. The van der Waals surface area contributed by atoms with E-state index in [0.29, 0.717) is 0 Å². The van der Waals surface area contributed by atoms with E-state index in [1.54, 1.807) is 0 Å². The molecule has 1 aliphatic heterocycles. The van der Waals surface area contributed by atoms with E-state index in [1.807, 2.05) is 76.8 Å². The summed E-state index contributed by atoms with van der Waals surface area (Å²) in [4.78, 5) is 13.9. The van der Waals surface area contributed by atoms with Crippen LogP contribution >= 0.6 is 0 Å². The van der Waals surface area contributed by atoms with Crippen LogP contribution in [0, 0.1) is 0 Å². The van der Waals surface area contributed by atoms with Crippen LogP contribution in [0.5, 0.6) is 0 Å². The number of carbonyl (C=O) groups excluding carboxylic acids is 1. The Labute approximate surface area is 126 Å². The van der Waals surface area contributed by atoms with Crippen molar-refractivity contribution in [1.29, 1.82) is 0 Å². The first-order valence-corrected chi connectivity index (χ1v) is 8.22. The SMILES string of the molecule is CC.CC.CC.O=C(c1ccccc1)N1CCCCC1. The number of likely N-dealkylation sites (tertiary alicyclic amines) is 1. The molecule has 0 bridgehead atoms. The van der Waals surface area contributed by atoms with Crippen molar-refractivity contribution in [1.82, 2.24) is 4.90 Å². The lowest BCUT2D eigenvalue weighted by molar-refractivity contribution is 0.0724. The third-order valence-corrected chi connectivity index (χ3v) is 2.66. The van der Waals surface area contributed by atoms with Crippen molar-refractivity contribution in [3.8, 4) is 0 Å². The molecule has 2 rings (SSSR count). The van der Waals surface area contributed by atoms with Gasteiger partial charge in [0, 0.05) is 18.7 Å². The lowest BCUT2D eigenvalue weighted by Gasteiger charge is -2.26. The smallest absolute Gasteiger partial charge is 0.253 e. The molecule has 1 amide bonds. The van der Waals surface area contributed by atoms with E-state index < -0.39 is 0 Å². The maximum atomic E-state index is 11.9. The van der Waals surface area contributed by atoms with Crippen LogP contribution in [0.1, 0.15) is 71.2 Å². The quantitative estimate of drug-likeness (QED) is 0.674. The Bertz CT molecular complexity index is 302. The number of amides is 1. The van der Waals surface area contributed by atoms with E-state index in [9.17, 15) is 4.79 Å². The molecule has 1 aromatic rings. The average molecular weight is 279 g/mol. The molecule has 1 saturated heterocycles. The number of nitrogens with zero attached hydrogens (tertiary/aromatic N) is 1. The van der Waals surface area contributed by atoms with E-state index in [1.165, 1.54) is 6.42 Å². The van der Waals surface area contributed by atoms with E-state index in [-0.39, 0.29) is 5.91 Å². The summed E-state index contributed by atoms with van der Waals surface area (Å²) in [5.41, 5.74) is 0.814. The Morgan fingerprint density at radius 1 is 0.800 bits per heavy atom. The van der Waals surface area contributed by atoms with E-state index >= 15 is 0 Å². The monoisotopic (exact) mass is 279 g/mol. The molecule has 0 saturated carbocycles. The predicted molar refractivity (Wildman–Crippen MR) is 90.2 cm³/mol. The van der Waals surface area contributed by atoms with Crippen molar-refractivity contribution in [2.24, 2.45) is 0 Å². The minimum Gasteiger partial charge on any atom is -0.339 e. The summed E-state index contributed by atoms with van der Waals surface area (Å²) in [5, 5.41) is 0. The summed E-state index contributed by atoms with van der Waals surface area (Å²) >= 11 is 0. The molecule has 20 heavy (non-hydrogen) atoms. The fraction of sp³-hybridized carbons (Fsp3) is 0.611. The number of hydrogen-bond acceptors (Lipinski definition) is 1. The lowest BCUT2D eigenvalue weighted by atomic mass is 10.1. The molecular formula is C18H33NO. The third-order valence-electron chi connectivity index (χ3n) is 2.66. The highest BCUT2D eigenvalue weighted by atomic mass is 16.2. The standard InChI is InChI=1S/C12H15NO.3C2H6/c14-12(11-7-3-1-4-8-11)13-9-5-2-6-10-13;3*1-2/h1,3-4,7-8H,2,5-6,9-10H2;3*1-2H3. The molecule has 1 aliphatic rings. The van der Waals surface area contributed by atoms with Crippen molar-refractivity contribution in [2.75, 3.05) is 13.1 Å². The molecule has 0 unspecified atom stereocenters. The van der Waals surface area contributed by atoms with Gasteiger partial charge in [-0.05, 0) is 31.4 Å². The van der Waals surface area contributed by atoms with Gasteiger partial charge < -0.3 is 4.90 Å². The van der Waals surface area contributed by atoms with Gasteiger partial charge in [0.2, 0.25) is 0 Å². The molecule has 0 aliphatic carbocycles. The first-order valence-electron chi connectivity index (χ1n) is 8.22. The molecular weight excluding hydrogens is 246 g/mol. The fourth-order valence-corrected chi connectivity index (χ4v) is 1.86. The van der Waals surface area contributed by atoms with E-state index in [2.05, 4.69) is 0 Å². The Hall–Kier alpha value is -1.31. The van der Waals surface area contributed by atoms with Crippen LogP contribution in [-0.2, 0) is 0 Å². The largest absolute Gasteiger partial charge is 0.339 e. The lowest BCUT2D eigenvalue weighted by Crippen LogP contribution is -2.35. The van der Waals surface area contributed by atoms with Gasteiger partial charge in [-0.3, -0.25) is 4.79 Å². The van der Waals surface area contributed by atoms with Crippen molar-refractivity contribution < 1.29 is 4.79 Å². The molecule has 0 aromatic heterocycles. The maximum Gasteiger partial charge on any atom is 0.253 e. The Balaban J connectivity index is 0. The zero-order chi connectivity index (χ0) is 15.8. The van der Waals surface area contributed by atoms with Crippen molar-refractivity contribution in [3.05, 3.63) is 35.9 Å². The van der Waals surface area contributed by atoms with Gasteiger partial charge >= 0.3 is 0 Å². The molecule has 1 fully saturated rings. The van der Waals surface area contributed by atoms with Gasteiger partial charge in [0.25, 0.3) is 5.91 Å². The van der Waals surface area contributed by atoms with Gasteiger partial charge in [-0.15, -0.1) is 0 Å². The number of hydrogen-bond donors (Lipinski definition) is 0. The van der Waals surface area contributed by atoms with Gasteiger partial charge in [-0.1, -0.05) is 59.7 Å². The van der Waals surface area contributed by atoms with Gasteiger partial charge in [0.05, 0.1) is 0 Å². The number of benzene rings is 1. The van der Waals surface area contributed by atoms with Crippen LogP contribution < -0.4 is 0 Å². The van der Waals surface area contributed by atoms with Crippen LogP contribution in [0.15, 0.2) is 30.3 Å². The predicted octanol–water partition coefficient (Wildman–Crippen LogP) is 5.39. The third kappa shape index (κ3) is 7.98. The number of piperidine rings is 1. The summed E-state index contributed by atoms with van der Waals surface area (Å²) < 4.78 is 0. The number of carbonyl (C=O) groups is 1. The zero-order valence-electron chi connectivity index (χ0n) is 14.3. The summed E-state index contributed by atoms with van der Waals surface area (Å²) in [5.74, 6) is 0.185. The van der Waals surface area contributed by atoms with Crippen LogP contribution in [-0.4, -0.2) is 23.9 Å². The molecule has 0 N–H and O–H groups in total. The minimum atomic E-state index is 0.185. The first kappa shape index (κ1) is 21.0. The Kier molecular flexibility index (Phi) is 16.5.